The molecule has 2 atom stereocenters. The molecular weight excluding hydrogens is 212 g/mol. The van der Waals surface area contributed by atoms with Gasteiger partial charge in [-0.2, -0.15) is 0 Å². The molecular formula is C10H14N2O2S. The van der Waals surface area contributed by atoms with E-state index in [0.717, 1.165) is 12.1 Å². The standard InChI is InChI=1S/C10H14N2O2S/c1-3-6-4-10(2,14-8(6)13)7-5-15-9(11)12-7/h5-6H,3-4H2,1-2H3,(H2,11,12)/t6-,10+/m1/s1. The van der Waals surface area contributed by atoms with Crippen molar-refractivity contribution in [1.29, 1.82) is 0 Å². The maximum atomic E-state index is 11.5. The Morgan fingerprint density at radius 1 is 1.80 bits per heavy atom. The van der Waals surface area contributed by atoms with Crippen molar-refractivity contribution < 1.29 is 9.53 Å². The molecule has 1 aromatic heterocycles. The number of ether oxygens (including phenoxy) is 1. The van der Waals surface area contributed by atoms with Gasteiger partial charge in [-0.05, 0) is 13.3 Å². The average molecular weight is 226 g/mol. The summed E-state index contributed by atoms with van der Waals surface area (Å²) in [7, 11) is 0. The lowest BCUT2D eigenvalue weighted by Crippen LogP contribution is -2.21. The van der Waals surface area contributed by atoms with Crippen molar-refractivity contribution in [1.82, 2.24) is 4.98 Å². The van der Waals surface area contributed by atoms with Gasteiger partial charge in [0.15, 0.2) is 10.7 Å². The van der Waals surface area contributed by atoms with Crippen LogP contribution >= 0.6 is 11.3 Å². The first-order valence-corrected chi connectivity index (χ1v) is 5.87. The van der Waals surface area contributed by atoms with Crippen molar-refractivity contribution in [2.45, 2.75) is 32.3 Å². The van der Waals surface area contributed by atoms with Crippen LogP contribution in [0.3, 0.4) is 0 Å². The molecule has 2 heterocycles. The predicted octanol–water partition coefficient (Wildman–Crippen LogP) is 1.91. The van der Waals surface area contributed by atoms with Gasteiger partial charge in [-0.25, -0.2) is 4.98 Å². The first-order valence-electron chi connectivity index (χ1n) is 4.99. The van der Waals surface area contributed by atoms with Crippen LogP contribution in [-0.2, 0) is 15.1 Å². The Labute approximate surface area is 92.5 Å². The van der Waals surface area contributed by atoms with E-state index in [1.807, 2.05) is 19.2 Å². The highest BCUT2D eigenvalue weighted by molar-refractivity contribution is 7.13. The molecule has 0 aliphatic carbocycles. The Balaban J connectivity index is 2.26. The van der Waals surface area contributed by atoms with Crippen LogP contribution in [0.1, 0.15) is 32.4 Å². The first kappa shape index (κ1) is 10.4. The van der Waals surface area contributed by atoms with Crippen LogP contribution in [0.5, 0.6) is 0 Å². The Morgan fingerprint density at radius 3 is 3.00 bits per heavy atom. The highest BCUT2D eigenvalue weighted by Crippen LogP contribution is 2.41. The number of aromatic nitrogens is 1. The topological polar surface area (TPSA) is 65.2 Å². The van der Waals surface area contributed by atoms with Crippen molar-refractivity contribution in [2.24, 2.45) is 5.92 Å². The summed E-state index contributed by atoms with van der Waals surface area (Å²) in [6, 6.07) is 0. The zero-order valence-corrected chi connectivity index (χ0v) is 9.63. The Hall–Kier alpha value is -1.10. The minimum Gasteiger partial charge on any atom is -0.453 e. The fourth-order valence-electron chi connectivity index (χ4n) is 1.90. The van der Waals surface area contributed by atoms with E-state index in [0.29, 0.717) is 11.6 Å². The monoisotopic (exact) mass is 226 g/mol. The molecule has 0 saturated carbocycles. The molecule has 82 valence electrons. The van der Waals surface area contributed by atoms with Gasteiger partial charge in [0.2, 0.25) is 0 Å². The summed E-state index contributed by atoms with van der Waals surface area (Å²) in [5.41, 5.74) is 5.77. The molecule has 0 bridgehead atoms. The van der Waals surface area contributed by atoms with Crippen LogP contribution in [0.2, 0.25) is 0 Å². The van der Waals surface area contributed by atoms with Gasteiger partial charge in [-0.3, -0.25) is 4.79 Å². The molecule has 2 rings (SSSR count). The van der Waals surface area contributed by atoms with Gasteiger partial charge in [0.25, 0.3) is 0 Å². The smallest absolute Gasteiger partial charge is 0.310 e. The molecule has 0 radical (unpaired) electrons. The van der Waals surface area contributed by atoms with Gasteiger partial charge in [0.05, 0.1) is 11.6 Å². The zero-order chi connectivity index (χ0) is 11.1. The second kappa shape index (κ2) is 3.48. The number of carbonyl (C=O) groups is 1. The molecule has 1 aliphatic rings. The molecule has 4 nitrogen and oxygen atoms in total. The number of nitrogen functional groups attached to an aromatic ring is 1. The number of hydrogen-bond acceptors (Lipinski definition) is 5. The van der Waals surface area contributed by atoms with E-state index in [9.17, 15) is 4.79 Å². The van der Waals surface area contributed by atoms with E-state index < -0.39 is 5.60 Å². The summed E-state index contributed by atoms with van der Waals surface area (Å²) in [6.07, 6.45) is 1.51. The number of carbonyl (C=O) groups excluding carboxylic acids is 1. The highest BCUT2D eigenvalue weighted by Gasteiger charge is 2.45. The van der Waals surface area contributed by atoms with Gasteiger partial charge < -0.3 is 10.5 Å². The van der Waals surface area contributed by atoms with Gasteiger partial charge in [0, 0.05) is 11.8 Å². The molecule has 2 N–H and O–H groups in total. The number of hydrogen-bond donors (Lipinski definition) is 1. The zero-order valence-electron chi connectivity index (χ0n) is 8.82. The number of anilines is 1. The third kappa shape index (κ3) is 1.71. The maximum absolute atomic E-state index is 11.5. The molecule has 1 fully saturated rings. The Bertz CT molecular complexity index is 391. The van der Waals surface area contributed by atoms with Gasteiger partial charge in [-0.1, -0.05) is 6.92 Å². The van der Waals surface area contributed by atoms with Crippen LogP contribution in [0.15, 0.2) is 5.38 Å². The molecule has 1 saturated heterocycles. The normalized spacial score (nSPS) is 30.5. The number of cyclic esters (lactones) is 1. The van der Waals surface area contributed by atoms with Crippen LogP contribution in [0, 0.1) is 5.92 Å². The third-order valence-corrected chi connectivity index (χ3v) is 3.53. The molecule has 15 heavy (non-hydrogen) atoms. The largest absolute Gasteiger partial charge is 0.453 e. The fraction of sp³-hybridized carbons (Fsp3) is 0.600. The minimum atomic E-state index is -0.577. The predicted molar refractivity (Wildman–Crippen MR) is 58.4 cm³/mol. The summed E-state index contributed by atoms with van der Waals surface area (Å²) in [4.78, 5) is 15.7. The highest BCUT2D eigenvalue weighted by atomic mass is 32.1. The van der Waals surface area contributed by atoms with Crippen molar-refractivity contribution >= 4 is 22.4 Å². The second-order valence-corrected chi connectivity index (χ2v) is 4.92. The van der Waals surface area contributed by atoms with Gasteiger partial charge in [-0.15, -0.1) is 11.3 Å². The summed E-state index contributed by atoms with van der Waals surface area (Å²) in [5.74, 6) is -0.121. The lowest BCUT2D eigenvalue weighted by Gasteiger charge is -2.19. The summed E-state index contributed by atoms with van der Waals surface area (Å²) in [5, 5.41) is 2.38. The number of rotatable bonds is 2. The molecule has 1 aromatic rings. The number of nitrogens with two attached hydrogens (primary N) is 1. The van der Waals surface area contributed by atoms with Crippen LogP contribution in [-0.4, -0.2) is 11.0 Å². The molecule has 0 unspecified atom stereocenters. The number of nitrogens with zero attached hydrogens (tertiary/aromatic N) is 1. The quantitative estimate of drug-likeness (QED) is 0.782. The lowest BCUT2D eigenvalue weighted by atomic mass is 9.92. The molecule has 1 aliphatic heterocycles. The van der Waals surface area contributed by atoms with Crippen LogP contribution < -0.4 is 5.73 Å². The third-order valence-electron chi connectivity index (χ3n) is 2.85. The average Bonchev–Trinajstić information content (AvgIpc) is 2.72. The second-order valence-electron chi connectivity index (χ2n) is 4.03. The Morgan fingerprint density at radius 2 is 2.53 bits per heavy atom. The fourth-order valence-corrected chi connectivity index (χ4v) is 2.58. The van der Waals surface area contributed by atoms with E-state index in [1.165, 1.54) is 11.3 Å². The molecule has 0 aromatic carbocycles. The van der Waals surface area contributed by atoms with Crippen LogP contribution in [0.4, 0.5) is 5.13 Å². The van der Waals surface area contributed by atoms with Crippen molar-refractivity contribution in [3.05, 3.63) is 11.1 Å². The van der Waals surface area contributed by atoms with E-state index in [-0.39, 0.29) is 11.9 Å². The van der Waals surface area contributed by atoms with E-state index >= 15 is 0 Å². The summed E-state index contributed by atoms with van der Waals surface area (Å²) >= 11 is 1.38. The van der Waals surface area contributed by atoms with Crippen molar-refractivity contribution in [3.63, 3.8) is 0 Å². The van der Waals surface area contributed by atoms with Crippen LogP contribution in [0.25, 0.3) is 0 Å². The van der Waals surface area contributed by atoms with Crippen molar-refractivity contribution in [2.75, 3.05) is 5.73 Å². The SMILES string of the molecule is CC[C@@H]1C[C@@](C)(c2csc(N)n2)OC1=O. The summed E-state index contributed by atoms with van der Waals surface area (Å²) in [6.45, 7) is 3.89. The maximum Gasteiger partial charge on any atom is 0.310 e. The first-order chi connectivity index (χ1) is 7.05. The van der Waals surface area contributed by atoms with Gasteiger partial charge >= 0.3 is 5.97 Å². The molecule has 0 spiro atoms. The number of thiazole rings is 1. The lowest BCUT2D eigenvalue weighted by molar-refractivity contribution is -0.150. The molecule has 5 heteroatoms. The minimum absolute atomic E-state index is 0.00192. The Kier molecular flexibility index (Phi) is 2.42. The van der Waals surface area contributed by atoms with E-state index in [1.54, 1.807) is 0 Å². The van der Waals surface area contributed by atoms with E-state index in [4.69, 9.17) is 10.5 Å². The summed E-state index contributed by atoms with van der Waals surface area (Å²) < 4.78 is 5.40. The van der Waals surface area contributed by atoms with Gasteiger partial charge in [0.1, 0.15) is 0 Å². The number of esters is 1. The van der Waals surface area contributed by atoms with Crippen molar-refractivity contribution in [3.8, 4) is 0 Å². The molecule has 0 amide bonds. The van der Waals surface area contributed by atoms with E-state index in [2.05, 4.69) is 4.98 Å².